The van der Waals surface area contributed by atoms with Crippen molar-refractivity contribution in [1.82, 2.24) is 0 Å². The highest BCUT2D eigenvalue weighted by molar-refractivity contribution is 5.70. The van der Waals surface area contributed by atoms with Gasteiger partial charge in [0.25, 0.3) is 0 Å². The molecule has 2 N–H and O–H groups in total. The van der Waals surface area contributed by atoms with Crippen molar-refractivity contribution in [3.05, 3.63) is 72.9 Å². The lowest BCUT2D eigenvalue weighted by Crippen LogP contribution is -2.25. The maximum Gasteiger partial charge on any atom is 0.306 e. The van der Waals surface area contributed by atoms with Crippen molar-refractivity contribution in [1.29, 1.82) is 0 Å². The van der Waals surface area contributed by atoms with Crippen LogP contribution in [0.25, 0.3) is 0 Å². The summed E-state index contributed by atoms with van der Waals surface area (Å²) in [6.07, 6.45) is 48.5. The minimum atomic E-state index is -1.03. The van der Waals surface area contributed by atoms with E-state index in [1.165, 1.54) is 83.5 Å². The maximum atomic E-state index is 12.0. The molecule has 0 saturated heterocycles. The zero-order valence-electron chi connectivity index (χ0n) is 32.0. The van der Waals surface area contributed by atoms with E-state index in [1.807, 2.05) is 30.4 Å². The number of esters is 2. The summed E-state index contributed by atoms with van der Waals surface area (Å²) in [6, 6.07) is 0. The van der Waals surface area contributed by atoms with Gasteiger partial charge in [-0.2, -0.15) is 0 Å². The van der Waals surface area contributed by atoms with Gasteiger partial charge in [0.05, 0.1) is 6.10 Å². The second-order valence-corrected chi connectivity index (χ2v) is 13.2. The molecule has 0 spiro atoms. The molecule has 2 atom stereocenters. The van der Waals surface area contributed by atoms with E-state index >= 15 is 0 Å². The Labute approximate surface area is 306 Å². The number of ether oxygens (including phenoxy) is 2. The van der Waals surface area contributed by atoms with Crippen molar-refractivity contribution in [2.45, 2.75) is 180 Å². The average molecular weight is 699 g/mol. The molecule has 1 unspecified atom stereocenters. The van der Waals surface area contributed by atoms with Crippen LogP contribution in [0, 0.1) is 0 Å². The summed E-state index contributed by atoms with van der Waals surface area (Å²) in [5, 5.41) is 20.1. The number of allylic oxidation sites excluding steroid dienone is 10. The fraction of sp³-hybridized carbons (Fsp3) is 0.682. The zero-order valence-corrected chi connectivity index (χ0v) is 32.0. The highest BCUT2D eigenvalue weighted by Gasteiger charge is 2.11. The van der Waals surface area contributed by atoms with Gasteiger partial charge in [0, 0.05) is 12.8 Å². The smallest absolute Gasteiger partial charge is 0.306 e. The van der Waals surface area contributed by atoms with Crippen molar-refractivity contribution >= 4 is 11.9 Å². The van der Waals surface area contributed by atoms with Crippen LogP contribution in [0.4, 0.5) is 0 Å². The lowest BCUT2D eigenvalue weighted by atomic mass is 10.0. The number of carbonyl (C=O) groups is 2. The Morgan fingerprint density at radius 1 is 0.520 bits per heavy atom. The fourth-order valence-electron chi connectivity index (χ4n) is 5.25. The molecule has 0 aromatic rings. The van der Waals surface area contributed by atoms with Gasteiger partial charge < -0.3 is 19.7 Å². The van der Waals surface area contributed by atoms with E-state index in [0.29, 0.717) is 19.3 Å². The summed E-state index contributed by atoms with van der Waals surface area (Å²) in [4.78, 5) is 23.9. The number of unbranched alkanes of at least 4 members (excludes halogenated alkanes) is 15. The van der Waals surface area contributed by atoms with Gasteiger partial charge in [0.15, 0.2) is 0 Å². The van der Waals surface area contributed by atoms with Gasteiger partial charge >= 0.3 is 11.9 Å². The molecule has 0 bridgehead atoms. The summed E-state index contributed by atoms with van der Waals surface area (Å²) in [5.74, 6) is -0.741. The van der Waals surface area contributed by atoms with Crippen LogP contribution >= 0.6 is 0 Å². The van der Waals surface area contributed by atoms with Crippen molar-refractivity contribution in [3.63, 3.8) is 0 Å². The molecule has 0 aliphatic heterocycles. The summed E-state index contributed by atoms with van der Waals surface area (Å²) in [6.45, 7) is 4.03. The Hall–Kier alpha value is -2.70. The number of hydrogen-bond acceptors (Lipinski definition) is 6. The lowest BCUT2D eigenvalue weighted by Gasteiger charge is -2.12. The molecule has 6 heteroatoms. The molecule has 0 fully saturated rings. The third kappa shape index (κ3) is 38.1. The molecular formula is C44H74O6. The van der Waals surface area contributed by atoms with Crippen molar-refractivity contribution < 1.29 is 29.3 Å². The molecule has 0 radical (unpaired) electrons. The van der Waals surface area contributed by atoms with Crippen LogP contribution in [-0.4, -0.2) is 47.6 Å². The highest BCUT2D eigenvalue weighted by atomic mass is 16.6. The van der Waals surface area contributed by atoms with E-state index in [-0.39, 0.29) is 25.6 Å². The van der Waals surface area contributed by atoms with Gasteiger partial charge in [0.2, 0.25) is 0 Å². The summed E-state index contributed by atoms with van der Waals surface area (Å²) < 4.78 is 10.2. The zero-order chi connectivity index (χ0) is 36.6. The van der Waals surface area contributed by atoms with Crippen LogP contribution in [0.3, 0.4) is 0 Å². The number of rotatable bonds is 35. The monoisotopic (exact) mass is 699 g/mol. The van der Waals surface area contributed by atoms with E-state index < -0.39 is 18.2 Å². The maximum absolute atomic E-state index is 12.0. The third-order valence-electron chi connectivity index (χ3n) is 8.30. The summed E-state index contributed by atoms with van der Waals surface area (Å²) >= 11 is 0. The standard InChI is InChI=1S/C44H74O6/c1-3-5-7-9-11-13-15-17-18-19-21-23-25-27-29-33-37-43(47)49-39-42(46)40-50-44(48)38-34-30-32-36-41(45)35-31-28-26-24-22-20-16-14-12-10-8-6-4-2/h6,8,12,14,20,22,26,28,30-32,35,41-42,45-46H,3-5,7,9-11,13,15-19,21,23-25,27,29,33-34,36-40H2,1-2H3/b8-6-,14-12-,22-20-,28-26-,32-30-,35-31-/t41?,42-/m1/s1. The Bertz CT molecular complexity index is 944. The molecular weight excluding hydrogens is 624 g/mol. The highest BCUT2D eigenvalue weighted by Crippen LogP contribution is 2.14. The van der Waals surface area contributed by atoms with E-state index in [2.05, 4.69) is 50.3 Å². The molecule has 0 aliphatic carbocycles. The predicted octanol–water partition coefficient (Wildman–Crippen LogP) is 11.5. The number of carbonyl (C=O) groups excluding carboxylic acids is 2. The Morgan fingerprint density at radius 3 is 1.50 bits per heavy atom. The first-order chi connectivity index (χ1) is 24.5. The van der Waals surface area contributed by atoms with Crippen molar-refractivity contribution in [2.75, 3.05) is 13.2 Å². The number of aliphatic hydroxyl groups excluding tert-OH is 2. The van der Waals surface area contributed by atoms with Gasteiger partial charge in [-0.25, -0.2) is 0 Å². The Kier molecular flexibility index (Phi) is 37.0. The molecule has 286 valence electrons. The predicted molar refractivity (Wildman–Crippen MR) is 211 cm³/mol. The molecule has 6 nitrogen and oxygen atoms in total. The molecule has 0 amide bonds. The van der Waals surface area contributed by atoms with E-state index in [9.17, 15) is 19.8 Å². The van der Waals surface area contributed by atoms with Gasteiger partial charge in [-0.3, -0.25) is 9.59 Å². The lowest BCUT2D eigenvalue weighted by molar-refractivity contribution is -0.152. The van der Waals surface area contributed by atoms with Crippen molar-refractivity contribution in [3.8, 4) is 0 Å². The second kappa shape index (κ2) is 39.1. The van der Waals surface area contributed by atoms with Crippen LogP contribution in [0.1, 0.15) is 168 Å². The summed E-state index contributed by atoms with van der Waals surface area (Å²) in [5.41, 5.74) is 0. The second-order valence-electron chi connectivity index (χ2n) is 13.2. The van der Waals surface area contributed by atoms with E-state index in [1.54, 1.807) is 6.08 Å². The third-order valence-corrected chi connectivity index (χ3v) is 8.30. The Balaban J connectivity index is 3.66. The van der Waals surface area contributed by atoms with Crippen LogP contribution < -0.4 is 0 Å². The van der Waals surface area contributed by atoms with Crippen molar-refractivity contribution in [2.24, 2.45) is 0 Å². The van der Waals surface area contributed by atoms with Gasteiger partial charge in [-0.05, 0) is 44.9 Å². The van der Waals surface area contributed by atoms with Crippen LogP contribution in [0.15, 0.2) is 72.9 Å². The normalized spacial score (nSPS) is 13.6. The van der Waals surface area contributed by atoms with Crippen LogP contribution in [0.5, 0.6) is 0 Å². The first-order valence-corrected chi connectivity index (χ1v) is 20.1. The largest absolute Gasteiger partial charge is 0.463 e. The SMILES string of the molecule is CC/C=C\C/C=C\C/C=C\C/C=C\C=C/C(O)C/C=C\CCC(=O)OC[C@H](O)COC(=O)CCCCCCCCCCCCCCCCCC. The molecule has 0 saturated carbocycles. The van der Waals surface area contributed by atoms with E-state index in [4.69, 9.17) is 9.47 Å². The minimum absolute atomic E-state index is 0.169. The van der Waals surface area contributed by atoms with E-state index in [0.717, 1.165) is 44.9 Å². The molecule has 0 heterocycles. The molecule has 50 heavy (non-hydrogen) atoms. The number of aliphatic hydroxyl groups is 2. The topological polar surface area (TPSA) is 93.1 Å². The first kappa shape index (κ1) is 47.3. The average Bonchev–Trinajstić information content (AvgIpc) is 3.11. The van der Waals surface area contributed by atoms with Gasteiger partial charge in [0.1, 0.15) is 19.3 Å². The number of hydrogen-bond donors (Lipinski definition) is 2. The quantitative estimate of drug-likeness (QED) is 0.0296. The fourth-order valence-corrected chi connectivity index (χ4v) is 5.25. The summed E-state index contributed by atoms with van der Waals surface area (Å²) in [7, 11) is 0. The minimum Gasteiger partial charge on any atom is -0.463 e. The van der Waals surface area contributed by atoms with Crippen LogP contribution in [0.2, 0.25) is 0 Å². The van der Waals surface area contributed by atoms with Crippen LogP contribution in [-0.2, 0) is 19.1 Å². The Morgan fingerprint density at radius 2 is 0.980 bits per heavy atom. The molecule has 0 aliphatic rings. The van der Waals surface area contributed by atoms with Gasteiger partial charge in [-0.1, -0.05) is 183 Å². The first-order valence-electron chi connectivity index (χ1n) is 20.1. The van der Waals surface area contributed by atoms with Gasteiger partial charge in [-0.15, -0.1) is 0 Å². The molecule has 0 aromatic heterocycles. The molecule has 0 rings (SSSR count). The molecule has 0 aromatic carbocycles.